The van der Waals surface area contributed by atoms with Gasteiger partial charge in [0.2, 0.25) is 11.8 Å². The van der Waals surface area contributed by atoms with Crippen molar-refractivity contribution >= 4 is 5.91 Å². The second-order valence-electron chi connectivity index (χ2n) is 6.70. The molecule has 3 rings (SSSR count). The molecule has 2 heterocycles. The summed E-state index contributed by atoms with van der Waals surface area (Å²) in [6, 6.07) is 0. The number of carbonyl (C=O) groups excluding carboxylic acids is 1. The highest BCUT2D eigenvalue weighted by Crippen LogP contribution is 2.29. The lowest BCUT2D eigenvalue weighted by Gasteiger charge is -2.32. The molecule has 128 valence electrons. The number of amides is 1. The van der Waals surface area contributed by atoms with Crippen molar-refractivity contribution in [3.05, 3.63) is 11.8 Å². The Balaban J connectivity index is 1.56. The number of nitrogens with zero attached hydrogens (tertiary/aromatic N) is 3. The standard InChI is InChI=1S/C16H25N3O4/c1-10(2)14-17-18-15(23-14)13-8-19(6-7-21-13)16(20)11(3)22-9-12-4-5-12/h10-13H,4-9H2,1-3H3/t11-,13+/m1/s1. The van der Waals surface area contributed by atoms with Crippen LogP contribution in [0.1, 0.15) is 57.4 Å². The first-order chi connectivity index (χ1) is 11.0. The van der Waals surface area contributed by atoms with E-state index in [4.69, 9.17) is 13.9 Å². The van der Waals surface area contributed by atoms with Gasteiger partial charge in [0.05, 0.1) is 19.8 Å². The van der Waals surface area contributed by atoms with E-state index in [9.17, 15) is 4.79 Å². The molecule has 1 amide bonds. The van der Waals surface area contributed by atoms with Gasteiger partial charge in [-0.1, -0.05) is 13.8 Å². The average Bonchev–Trinajstić information content (AvgIpc) is 3.25. The van der Waals surface area contributed by atoms with Crippen molar-refractivity contribution in [3.63, 3.8) is 0 Å². The summed E-state index contributed by atoms with van der Waals surface area (Å²) in [6.07, 6.45) is 1.66. The number of rotatable bonds is 6. The van der Waals surface area contributed by atoms with E-state index in [1.807, 2.05) is 20.8 Å². The summed E-state index contributed by atoms with van der Waals surface area (Å²) in [5.41, 5.74) is 0. The minimum Gasteiger partial charge on any atom is -0.422 e. The van der Waals surface area contributed by atoms with Crippen molar-refractivity contribution < 1.29 is 18.7 Å². The largest absolute Gasteiger partial charge is 0.422 e. The lowest BCUT2D eigenvalue weighted by Crippen LogP contribution is -2.46. The molecule has 2 atom stereocenters. The van der Waals surface area contributed by atoms with Gasteiger partial charge in [0, 0.05) is 12.5 Å². The van der Waals surface area contributed by atoms with Crippen molar-refractivity contribution in [2.24, 2.45) is 5.92 Å². The highest BCUT2D eigenvalue weighted by Gasteiger charge is 2.32. The van der Waals surface area contributed by atoms with Gasteiger partial charge in [-0.3, -0.25) is 4.79 Å². The SMILES string of the molecule is CC(C)c1nnc([C@@H]2CN(C(=O)[C@@H](C)OCC3CC3)CCO2)o1. The van der Waals surface area contributed by atoms with Gasteiger partial charge in [-0.2, -0.15) is 0 Å². The normalized spacial score (nSPS) is 23.3. The molecule has 7 heteroatoms. The summed E-state index contributed by atoms with van der Waals surface area (Å²) in [6.45, 7) is 7.95. The van der Waals surface area contributed by atoms with Crippen LogP contribution in [0.3, 0.4) is 0 Å². The maximum atomic E-state index is 12.5. The summed E-state index contributed by atoms with van der Waals surface area (Å²) in [4.78, 5) is 14.3. The monoisotopic (exact) mass is 323 g/mol. The molecule has 1 aliphatic heterocycles. The lowest BCUT2D eigenvalue weighted by atomic mass is 10.2. The quantitative estimate of drug-likeness (QED) is 0.796. The Bertz CT molecular complexity index is 541. The molecular formula is C16H25N3O4. The molecule has 1 aromatic heterocycles. The lowest BCUT2D eigenvalue weighted by molar-refractivity contribution is -0.151. The van der Waals surface area contributed by atoms with Crippen LogP contribution in [0, 0.1) is 5.92 Å². The number of hydrogen-bond acceptors (Lipinski definition) is 6. The van der Waals surface area contributed by atoms with E-state index in [-0.39, 0.29) is 17.9 Å². The van der Waals surface area contributed by atoms with E-state index in [0.717, 1.165) is 0 Å². The predicted molar refractivity (Wildman–Crippen MR) is 81.8 cm³/mol. The van der Waals surface area contributed by atoms with Crippen molar-refractivity contribution in [3.8, 4) is 0 Å². The van der Waals surface area contributed by atoms with E-state index in [2.05, 4.69) is 10.2 Å². The molecule has 1 aromatic rings. The molecule has 2 aliphatic rings. The highest BCUT2D eigenvalue weighted by molar-refractivity contribution is 5.80. The summed E-state index contributed by atoms with van der Waals surface area (Å²) < 4.78 is 17.0. The zero-order valence-electron chi connectivity index (χ0n) is 14.0. The Morgan fingerprint density at radius 3 is 2.78 bits per heavy atom. The third-order valence-corrected chi connectivity index (χ3v) is 4.23. The summed E-state index contributed by atoms with van der Waals surface area (Å²) in [7, 11) is 0. The van der Waals surface area contributed by atoms with Crippen LogP contribution in [-0.4, -0.2) is 53.4 Å². The summed E-state index contributed by atoms with van der Waals surface area (Å²) in [5.74, 6) is 1.86. The molecule has 0 aromatic carbocycles. The summed E-state index contributed by atoms with van der Waals surface area (Å²) >= 11 is 0. The molecule has 0 radical (unpaired) electrons. The van der Waals surface area contributed by atoms with E-state index in [0.29, 0.717) is 44.0 Å². The third-order valence-electron chi connectivity index (χ3n) is 4.23. The molecule has 0 N–H and O–H groups in total. The van der Waals surface area contributed by atoms with Crippen LogP contribution in [0.15, 0.2) is 4.42 Å². The van der Waals surface area contributed by atoms with Gasteiger partial charge in [0.15, 0.2) is 6.10 Å². The Kier molecular flexibility index (Phi) is 4.96. The van der Waals surface area contributed by atoms with Crippen molar-refractivity contribution in [1.29, 1.82) is 0 Å². The number of carbonyl (C=O) groups is 1. The third kappa shape index (κ3) is 4.09. The van der Waals surface area contributed by atoms with Crippen LogP contribution in [0.25, 0.3) is 0 Å². The topological polar surface area (TPSA) is 77.7 Å². The van der Waals surface area contributed by atoms with Gasteiger partial charge in [0.25, 0.3) is 5.91 Å². The summed E-state index contributed by atoms with van der Waals surface area (Å²) in [5, 5.41) is 8.08. The first kappa shape index (κ1) is 16.4. The number of morpholine rings is 1. The van der Waals surface area contributed by atoms with Crippen molar-refractivity contribution in [2.75, 3.05) is 26.3 Å². The molecule has 0 spiro atoms. The molecular weight excluding hydrogens is 298 g/mol. The van der Waals surface area contributed by atoms with Gasteiger partial charge >= 0.3 is 0 Å². The van der Waals surface area contributed by atoms with Gasteiger partial charge < -0.3 is 18.8 Å². The highest BCUT2D eigenvalue weighted by atomic mass is 16.5. The van der Waals surface area contributed by atoms with E-state index < -0.39 is 6.10 Å². The molecule has 2 fully saturated rings. The first-order valence-corrected chi connectivity index (χ1v) is 8.40. The second kappa shape index (κ2) is 6.97. The van der Waals surface area contributed by atoms with E-state index >= 15 is 0 Å². The Labute approximate surface area is 136 Å². The Morgan fingerprint density at radius 1 is 1.35 bits per heavy atom. The maximum Gasteiger partial charge on any atom is 0.251 e. The smallest absolute Gasteiger partial charge is 0.251 e. The van der Waals surface area contributed by atoms with Gasteiger partial charge in [-0.05, 0) is 25.7 Å². The molecule has 23 heavy (non-hydrogen) atoms. The van der Waals surface area contributed by atoms with Gasteiger partial charge in [-0.15, -0.1) is 10.2 Å². The predicted octanol–water partition coefficient (Wildman–Crippen LogP) is 1.91. The van der Waals surface area contributed by atoms with Gasteiger partial charge in [0.1, 0.15) is 6.10 Å². The number of ether oxygens (including phenoxy) is 2. The van der Waals surface area contributed by atoms with E-state index in [1.165, 1.54) is 12.8 Å². The maximum absolute atomic E-state index is 12.5. The second-order valence-corrected chi connectivity index (χ2v) is 6.70. The zero-order valence-corrected chi connectivity index (χ0v) is 14.0. The number of aromatic nitrogens is 2. The minimum atomic E-state index is -0.414. The fourth-order valence-electron chi connectivity index (χ4n) is 2.50. The van der Waals surface area contributed by atoms with Crippen LogP contribution in [-0.2, 0) is 14.3 Å². The van der Waals surface area contributed by atoms with Crippen LogP contribution >= 0.6 is 0 Å². The van der Waals surface area contributed by atoms with Crippen molar-refractivity contribution in [1.82, 2.24) is 15.1 Å². The molecule has 0 unspecified atom stereocenters. The zero-order chi connectivity index (χ0) is 16.4. The van der Waals surface area contributed by atoms with Crippen LogP contribution in [0.4, 0.5) is 0 Å². The number of hydrogen-bond donors (Lipinski definition) is 0. The first-order valence-electron chi connectivity index (χ1n) is 8.40. The molecule has 0 bridgehead atoms. The van der Waals surface area contributed by atoms with Crippen LogP contribution in [0.2, 0.25) is 0 Å². The average molecular weight is 323 g/mol. The van der Waals surface area contributed by atoms with Crippen LogP contribution in [0.5, 0.6) is 0 Å². The molecule has 1 saturated carbocycles. The Morgan fingerprint density at radius 2 is 2.13 bits per heavy atom. The van der Waals surface area contributed by atoms with Gasteiger partial charge in [-0.25, -0.2) is 0 Å². The minimum absolute atomic E-state index is 0.00236. The molecule has 1 aliphatic carbocycles. The fourth-order valence-corrected chi connectivity index (χ4v) is 2.50. The van der Waals surface area contributed by atoms with Crippen LogP contribution < -0.4 is 0 Å². The molecule has 7 nitrogen and oxygen atoms in total. The van der Waals surface area contributed by atoms with Crippen molar-refractivity contribution in [2.45, 2.75) is 51.7 Å². The van der Waals surface area contributed by atoms with E-state index in [1.54, 1.807) is 4.90 Å². The fraction of sp³-hybridized carbons (Fsp3) is 0.812. The Hall–Kier alpha value is -1.47. The molecule has 1 saturated heterocycles.